The molecule has 0 aromatic rings. The Labute approximate surface area is 487 Å². The number of unbranched alkanes of at least 4 members (excludes halogenated alkanes) is 22. The Hall–Kier alpha value is -4.71. The first-order valence-corrected chi connectivity index (χ1v) is 32.3. The number of rotatable bonds is 57. The predicted octanol–water partition coefficient (Wildman–Crippen LogP) is 22.3. The molecule has 0 aliphatic rings. The third-order valence-corrected chi connectivity index (χ3v) is 13.3. The summed E-state index contributed by atoms with van der Waals surface area (Å²) in [5.41, 5.74) is 0. The summed E-state index contributed by atoms with van der Waals surface area (Å²) >= 11 is 0. The van der Waals surface area contributed by atoms with Crippen molar-refractivity contribution < 1.29 is 28.6 Å². The van der Waals surface area contributed by atoms with Crippen molar-refractivity contribution >= 4 is 17.9 Å². The van der Waals surface area contributed by atoms with Crippen molar-refractivity contribution in [2.75, 3.05) is 13.2 Å². The SMILES string of the molecule is CC/C=C\C/C=C\C/C=C\C/C=C\C/C=C\C/C=C\C/C=C\C/C=C\C/C=C\CCCC(=O)OCC(COC(=O)CCCCCCC/C=C\C/C=C\CCCCC)OC(=O)CCCCCCCCC/C=C\CCCCCCCC. The number of hydrogen-bond donors (Lipinski definition) is 0. The Balaban J connectivity index is 4.48. The number of carbonyl (C=O) groups is 3. The average Bonchev–Trinajstić information content (AvgIpc) is 3.45. The molecule has 6 nitrogen and oxygen atoms in total. The monoisotopic (exact) mass is 1090 g/mol. The largest absolute Gasteiger partial charge is 0.462 e. The van der Waals surface area contributed by atoms with E-state index in [1.165, 1.54) is 103 Å². The van der Waals surface area contributed by atoms with E-state index in [4.69, 9.17) is 14.2 Å². The second-order valence-corrected chi connectivity index (χ2v) is 20.9. The summed E-state index contributed by atoms with van der Waals surface area (Å²) in [6.07, 6.45) is 94.2. The van der Waals surface area contributed by atoms with E-state index in [0.29, 0.717) is 19.3 Å². The van der Waals surface area contributed by atoms with Gasteiger partial charge in [0.15, 0.2) is 6.10 Å². The van der Waals surface area contributed by atoms with Gasteiger partial charge in [-0.15, -0.1) is 0 Å². The maximum absolute atomic E-state index is 12.9. The van der Waals surface area contributed by atoms with Crippen molar-refractivity contribution in [1.29, 1.82) is 0 Å². The molecule has 446 valence electrons. The summed E-state index contributed by atoms with van der Waals surface area (Å²) < 4.78 is 16.9. The summed E-state index contributed by atoms with van der Waals surface area (Å²) in [4.78, 5) is 38.3. The van der Waals surface area contributed by atoms with Gasteiger partial charge in [0, 0.05) is 19.3 Å². The predicted molar refractivity (Wildman–Crippen MR) is 343 cm³/mol. The van der Waals surface area contributed by atoms with E-state index in [9.17, 15) is 14.4 Å². The van der Waals surface area contributed by atoms with Gasteiger partial charge in [0.25, 0.3) is 0 Å². The molecule has 79 heavy (non-hydrogen) atoms. The molecule has 0 saturated heterocycles. The summed E-state index contributed by atoms with van der Waals surface area (Å²) in [6.45, 7) is 6.44. The summed E-state index contributed by atoms with van der Waals surface area (Å²) in [5, 5.41) is 0. The maximum Gasteiger partial charge on any atom is 0.306 e. The van der Waals surface area contributed by atoms with Gasteiger partial charge in [0.2, 0.25) is 0 Å². The molecule has 0 fully saturated rings. The topological polar surface area (TPSA) is 78.9 Å². The quantitative estimate of drug-likeness (QED) is 0.0261. The van der Waals surface area contributed by atoms with Crippen LogP contribution in [0.3, 0.4) is 0 Å². The van der Waals surface area contributed by atoms with Crippen LogP contribution in [0.25, 0.3) is 0 Å². The van der Waals surface area contributed by atoms with Crippen LogP contribution in [0.2, 0.25) is 0 Å². The molecular weight excluding hydrogens is 973 g/mol. The fourth-order valence-electron chi connectivity index (χ4n) is 8.47. The lowest BCUT2D eigenvalue weighted by Gasteiger charge is -2.18. The minimum Gasteiger partial charge on any atom is -0.462 e. The number of esters is 3. The van der Waals surface area contributed by atoms with Crippen LogP contribution in [0.5, 0.6) is 0 Å². The van der Waals surface area contributed by atoms with Crippen molar-refractivity contribution in [3.8, 4) is 0 Å². The Morgan fingerprint density at radius 1 is 0.266 bits per heavy atom. The third-order valence-electron chi connectivity index (χ3n) is 13.3. The van der Waals surface area contributed by atoms with Crippen LogP contribution in [0.1, 0.15) is 278 Å². The van der Waals surface area contributed by atoms with Crippen LogP contribution in [0, 0.1) is 0 Å². The molecule has 0 aromatic heterocycles. The lowest BCUT2D eigenvalue weighted by atomic mass is 10.1. The summed E-state index contributed by atoms with van der Waals surface area (Å²) in [5.74, 6) is -0.988. The molecule has 1 atom stereocenters. The maximum atomic E-state index is 12.9. The Morgan fingerprint density at radius 3 is 0.861 bits per heavy atom. The highest BCUT2D eigenvalue weighted by Gasteiger charge is 2.19. The fourth-order valence-corrected chi connectivity index (χ4v) is 8.47. The highest BCUT2D eigenvalue weighted by molar-refractivity contribution is 5.71. The molecule has 0 aliphatic heterocycles. The van der Waals surface area contributed by atoms with Crippen molar-refractivity contribution in [3.63, 3.8) is 0 Å². The van der Waals surface area contributed by atoms with Gasteiger partial charge in [-0.25, -0.2) is 0 Å². The minimum atomic E-state index is -0.817. The van der Waals surface area contributed by atoms with Gasteiger partial charge >= 0.3 is 17.9 Å². The molecule has 0 aromatic carbocycles. The van der Waals surface area contributed by atoms with Crippen LogP contribution >= 0.6 is 0 Å². The first-order chi connectivity index (χ1) is 39.0. The Morgan fingerprint density at radius 2 is 0.506 bits per heavy atom. The molecule has 6 heteroatoms. The molecule has 0 bridgehead atoms. The second-order valence-electron chi connectivity index (χ2n) is 20.9. The number of ether oxygens (including phenoxy) is 3. The fraction of sp³-hybridized carbons (Fsp3) is 0.630. The Bertz CT molecular complexity index is 1730. The van der Waals surface area contributed by atoms with E-state index in [1.807, 2.05) is 0 Å². The van der Waals surface area contributed by atoms with Gasteiger partial charge in [0.1, 0.15) is 13.2 Å². The van der Waals surface area contributed by atoms with E-state index in [0.717, 1.165) is 128 Å². The zero-order valence-electron chi connectivity index (χ0n) is 51.1. The van der Waals surface area contributed by atoms with Gasteiger partial charge in [-0.3, -0.25) is 14.4 Å². The van der Waals surface area contributed by atoms with Crippen LogP contribution in [0.15, 0.2) is 146 Å². The average molecular weight is 1090 g/mol. The van der Waals surface area contributed by atoms with E-state index in [1.54, 1.807) is 0 Å². The van der Waals surface area contributed by atoms with Crippen molar-refractivity contribution in [2.24, 2.45) is 0 Å². The van der Waals surface area contributed by atoms with Gasteiger partial charge in [-0.05, 0) is 141 Å². The normalized spacial score (nSPS) is 13.1. The number of allylic oxidation sites excluding steroid dienone is 24. The molecule has 0 amide bonds. The third kappa shape index (κ3) is 64.0. The van der Waals surface area contributed by atoms with Crippen LogP contribution in [-0.4, -0.2) is 37.2 Å². The van der Waals surface area contributed by atoms with Crippen LogP contribution < -0.4 is 0 Å². The molecule has 0 heterocycles. The second kappa shape index (κ2) is 65.8. The van der Waals surface area contributed by atoms with Crippen molar-refractivity contribution in [1.82, 2.24) is 0 Å². The Kier molecular flexibility index (Phi) is 61.9. The molecule has 1 unspecified atom stereocenters. The standard InChI is InChI=1S/C73H118O6/c1-4-7-10-13-16-19-22-25-28-30-31-32-33-34-35-36-37-38-39-40-41-43-45-48-51-54-57-60-63-66-72(75)78-69-70(68-77-71(74)65-62-59-56-53-50-47-44-27-24-21-18-15-12-9-6-3)79-73(76)67-64-61-58-55-52-49-46-42-29-26-23-20-17-14-11-8-5-2/h7,10,16,18-19,21,25-29,31-32,34-35,37-38,40-41,44-45,48,54,57,70H,4-6,8-9,11-15,17,20,22-24,30,33,36,39,42-43,46-47,49-53,55-56,58-69H2,1-3H3/b10-7-,19-16-,21-18-,28-25-,29-26-,32-31-,35-34-,38-37-,41-40-,44-27-,48-45-,57-54-. The van der Waals surface area contributed by atoms with Crippen LogP contribution in [0.4, 0.5) is 0 Å². The highest BCUT2D eigenvalue weighted by Crippen LogP contribution is 2.14. The minimum absolute atomic E-state index is 0.109. The summed E-state index contributed by atoms with van der Waals surface area (Å²) in [7, 11) is 0. The molecule has 0 rings (SSSR count). The molecular formula is C73H118O6. The van der Waals surface area contributed by atoms with E-state index >= 15 is 0 Å². The van der Waals surface area contributed by atoms with Gasteiger partial charge in [-0.2, -0.15) is 0 Å². The van der Waals surface area contributed by atoms with E-state index < -0.39 is 6.10 Å². The summed E-state index contributed by atoms with van der Waals surface area (Å²) in [6, 6.07) is 0. The molecule has 0 aliphatic carbocycles. The molecule has 0 radical (unpaired) electrons. The smallest absolute Gasteiger partial charge is 0.306 e. The number of carbonyl (C=O) groups excluding carboxylic acids is 3. The van der Waals surface area contributed by atoms with E-state index in [2.05, 4.69) is 167 Å². The number of hydrogen-bond acceptors (Lipinski definition) is 6. The van der Waals surface area contributed by atoms with Gasteiger partial charge in [-0.1, -0.05) is 263 Å². The van der Waals surface area contributed by atoms with Gasteiger partial charge in [0.05, 0.1) is 0 Å². The lowest BCUT2D eigenvalue weighted by molar-refractivity contribution is -0.167. The zero-order chi connectivity index (χ0) is 57.1. The van der Waals surface area contributed by atoms with Crippen molar-refractivity contribution in [3.05, 3.63) is 146 Å². The van der Waals surface area contributed by atoms with Gasteiger partial charge < -0.3 is 14.2 Å². The molecule has 0 spiro atoms. The lowest BCUT2D eigenvalue weighted by Crippen LogP contribution is -2.30. The highest BCUT2D eigenvalue weighted by atomic mass is 16.6. The molecule has 0 N–H and O–H groups in total. The first kappa shape index (κ1) is 74.3. The zero-order valence-corrected chi connectivity index (χ0v) is 51.1. The molecule has 0 saturated carbocycles. The first-order valence-electron chi connectivity index (χ1n) is 32.3. The van der Waals surface area contributed by atoms with Crippen molar-refractivity contribution in [2.45, 2.75) is 284 Å². The van der Waals surface area contributed by atoms with Crippen LogP contribution in [-0.2, 0) is 28.6 Å². The van der Waals surface area contributed by atoms with E-state index in [-0.39, 0.29) is 37.5 Å².